The number of aliphatic hydroxyl groups is 1. The van der Waals surface area contributed by atoms with Gasteiger partial charge in [0.15, 0.2) is 0 Å². The number of unbranched alkanes of at least 4 members (excludes halogenated alkanes) is 1. The standard InChI is InChI=1S/C11H20O4/c1-3-9-14-11(7-5-6-8-12)15-10(13)4-2/h4,11-12H,2-3,5-9H2,1H3. The molecule has 4 nitrogen and oxygen atoms in total. The van der Waals surface area contributed by atoms with Crippen LogP contribution in [-0.4, -0.2) is 30.6 Å². The van der Waals surface area contributed by atoms with E-state index in [1.54, 1.807) is 0 Å². The minimum absolute atomic E-state index is 0.149. The summed E-state index contributed by atoms with van der Waals surface area (Å²) in [5, 5.41) is 8.62. The van der Waals surface area contributed by atoms with Crippen LogP contribution in [0.2, 0.25) is 0 Å². The Bertz CT molecular complexity index is 179. The smallest absolute Gasteiger partial charge is 0.332 e. The van der Waals surface area contributed by atoms with Gasteiger partial charge in [0.05, 0.1) is 6.61 Å². The molecule has 0 fully saturated rings. The van der Waals surface area contributed by atoms with Crippen LogP contribution in [0.5, 0.6) is 0 Å². The summed E-state index contributed by atoms with van der Waals surface area (Å²) in [4.78, 5) is 10.9. The molecule has 4 heteroatoms. The van der Waals surface area contributed by atoms with Crippen LogP contribution in [0.15, 0.2) is 12.7 Å². The molecule has 1 atom stereocenters. The summed E-state index contributed by atoms with van der Waals surface area (Å²) in [6, 6.07) is 0. The van der Waals surface area contributed by atoms with Crippen LogP contribution in [0.25, 0.3) is 0 Å². The Morgan fingerprint density at radius 2 is 2.27 bits per heavy atom. The summed E-state index contributed by atoms with van der Waals surface area (Å²) in [6.07, 6.45) is 3.56. The first kappa shape index (κ1) is 14.1. The highest BCUT2D eigenvalue weighted by Crippen LogP contribution is 2.07. The lowest BCUT2D eigenvalue weighted by Crippen LogP contribution is -2.21. The lowest BCUT2D eigenvalue weighted by atomic mass is 10.2. The molecule has 88 valence electrons. The maximum absolute atomic E-state index is 10.9. The van der Waals surface area contributed by atoms with E-state index < -0.39 is 12.3 Å². The molecule has 0 aromatic rings. The molecule has 1 unspecified atom stereocenters. The number of hydrogen-bond donors (Lipinski definition) is 1. The fourth-order valence-corrected chi connectivity index (χ4v) is 1.03. The third-order valence-electron chi connectivity index (χ3n) is 1.77. The van der Waals surface area contributed by atoms with E-state index in [0.717, 1.165) is 18.9 Å². The highest BCUT2D eigenvalue weighted by atomic mass is 16.7. The zero-order valence-electron chi connectivity index (χ0n) is 9.28. The number of rotatable bonds is 9. The van der Waals surface area contributed by atoms with Crippen molar-refractivity contribution in [1.29, 1.82) is 0 Å². The lowest BCUT2D eigenvalue weighted by molar-refractivity contribution is -0.174. The minimum Gasteiger partial charge on any atom is -0.433 e. The Balaban J connectivity index is 3.82. The molecule has 0 bridgehead atoms. The molecule has 0 aliphatic rings. The molecule has 0 saturated heterocycles. The predicted octanol–water partition coefficient (Wildman–Crippen LogP) is 1.63. The fraction of sp³-hybridized carbons (Fsp3) is 0.727. The molecule has 0 rings (SSSR count). The summed E-state index contributed by atoms with van der Waals surface area (Å²) in [5.74, 6) is -0.472. The van der Waals surface area contributed by atoms with Gasteiger partial charge in [-0.3, -0.25) is 0 Å². The van der Waals surface area contributed by atoms with E-state index in [4.69, 9.17) is 14.6 Å². The SMILES string of the molecule is C=CC(=O)OC(CCCCO)OCCC. The number of ether oxygens (including phenoxy) is 2. The molecule has 0 heterocycles. The summed E-state index contributed by atoms with van der Waals surface area (Å²) < 4.78 is 10.3. The van der Waals surface area contributed by atoms with Gasteiger partial charge in [-0.05, 0) is 19.3 Å². The summed E-state index contributed by atoms with van der Waals surface area (Å²) in [7, 11) is 0. The maximum Gasteiger partial charge on any atom is 0.332 e. The fourth-order valence-electron chi connectivity index (χ4n) is 1.03. The van der Waals surface area contributed by atoms with Crippen LogP contribution in [0.4, 0.5) is 0 Å². The van der Waals surface area contributed by atoms with Crippen molar-refractivity contribution < 1.29 is 19.4 Å². The molecule has 0 saturated carbocycles. The first-order valence-corrected chi connectivity index (χ1v) is 5.30. The second-order valence-electron chi connectivity index (χ2n) is 3.16. The van der Waals surface area contributed by atoms with Crippen molar-refractivity contribution in [3.63, 3.8) is 0 Å². The van der Waals surface area contributed by atoms with Crippen LogP contribution < -0.4 is 0 Å². The largest absolute Gasteiger partial charge is 0.433 e. The van der Waals surface area contributed by atoms with Gasteiger partial charge < -0.3 is 14.6 Å². The molecular weight excluding hydrogens is 196 g/mol. The van der Waals surface area contributed by atoms with Crippen LogP contribution in [0, 0.1) is 0 Å². The van der Waals surface area contributed by atoms with Crippen LogP contribution in [0.3, 0.4) is 0 Å². The van der Waals surface area contributed by atoms with Gasteiger partial charge in [-0.25, -0.2) is 4.79 Å². The van der Waals surface area contributed by atoms with Crippen LogP contribution in [-0.2, 0) is 14.3 Å². The molecular formula is C11H20O4. The van der Waals surface area contributed by atoms with Crippen molar-refractivity contribution in [2.24, 2.45) is 0 Å². The Hall–Kier alpha value is -0.870. The first-order valence-electron chi connectivity index (χ1n) is 5.30. The van der Waals surface area contributed by atoms with Gasteiger partial charge in [-0.1, -0.05) is 13.5 Å². The van der Waals surface area contributed by atoms with Gasteiger partial charge >= 0.3 is 5.97 Å². The van der Waals surface area contributed by atoms with Gasteiger partial charge in [0.2, 0.25) is 6.29 Å². The van der Waals surface area contributed by atoms with Crippen LogP contribution >= 0.6 is 0 Å². The second-order valence-corrected chi connectivity index (χ2v) is 3.16. The molecule has 0 radical (unpaired) electrons. The molecule has 0 spiro atoms. The van der Waals surface area contributed by atoms with Crippen molar-refractivity contribution in [1.82, 2.24) is 0 Å². The van der Waals surface area contributed by atoms with Gasteiger partial charge in [0.25, 0.3) is 0 Å². The Kier molecular flexibility index (Phi) is 9.11. The van der Waals surface area contributed by atoms with Gasteiger partial charge in [-0.2, -0.15) is 0 Å². The van der Waals surface area contributed by atoms with Crippen LogP contribution in [0.1, 0.15) is 32.6 Å². The molecule has 1 N–H and O–H groups in total. The van der Waals surface area contributed by atoms with Crippen molar-refractivity contribution in [2.75, 3.05) is 13.2 Å². The van der Waals surface area contributed by atoms with E-state index >= 15 is 0 Å². The van der Waals surface area contributed by atoms with E-state index in [0.29, 0.717) is 19.4 Å². The second kappa shape index (κ2) is 9.68. The van der Waals surface area contributed by atoms with E-state index in [2.05, 4.69) is 6.58 Å². The number of carbonyl (C=O) groups excluding carboxylic acids is 1. The molecule has 0 aliphatic heterocycles. The summed E-state index contributed by atoms with van der Waals surface area (Å²) >= 11 is 0. The summed E-state index contributed by atoms with van der Waals surface area (Å²) in [6.45, 7) is 6.02. The minimum atomic E-state index is -0.512. The summed E-state index contributed by atoms with van der Waals surface area (Å²) in [5.41, 5.74) is 0. The molecule has 0 aromatic carbocycles. The van der Waals surface area contributed by atoms with Gasteiger partial charge in [0, 0.05) is 19.1 Å². The predicted molar refractivity (Wildman–Crippen MR) is 57.3 cm³/mol. The third kappa shape index (κ3) is 8.15. The molecule has 0 amide bonds. The van der Waals surface area contributed by atoms with E-state index in [1.807, 2.05) is 6.92 Å². The number of esters is 1. The average Bonchev–Trinajstić information content (AvgIpc) is 2.25. The number of hydrogen-bond acceptors (Lipinski definition) is 4. The molecule has 15 heavy (non-hydrogen) atoms. The third-order valence-corrected chi connectivity index (χ3v) is 1.77. The van der Waals surface area contributed by atoms with Crippen molar-refractivity contribution in [3.8, 4) is 0 Å². The average molecular weight is 216 g/mol. The monoisotopic (exact) mass is 216 g/mol. The van der Waals surface area contributed by atoms with Gasteiger partial charge in [0.1, 0.15) is 0 Å². The van der Waals surface area contributed by atoms with E-state index in [-0.39, 0.29) is 6.61 Å². The lowest BCUT2D eigenvalue weighted by Gasteiger charge is -2.16. The Labute approximate surface area is 90.9 Å². The zero-order chi connectivity index (χ0) is 11.5. The zero-order valence-corrected chi connectivity index (χ0v) is 9.28. The number of aliphatic hydroxyl groups excluding tert-OH is 1. The first-order chi connectivity index (χ1) is 7.24. The van der Waals surface area contributed by atoms with Crippen molar-refractivity contribution >= 4 is 5.97 Å². The quantitative estimate of drug-likeness (QED) is 0.275. The molecule has 0 aliphatic carbocycles. The number of carbonyl (C=O) groups is 1. The Morgan fingerprint density at radius 3 is 2.80 bits per heavy atom. The highest BCUT2D eigenvalue weighted by Gasteiger charge is 2.11. The van der Waals surface area contributed by atoms with Gasteiger partial charge in [-0.15, -0.1) is 0 Å². The van der Waals surface area contributed by atoms with E-state index in [1.165, 1.54) is 0 Å². The Morgan fingerprint density at radius 1 is 1.53 bits per heavy atom. The normalized spacial score (nSPS) is 12.1. The molecule has 0 aromatic heterocycles. The topological polar surface area (TPSA) is 55.8 Å². The van der Waals surface area contributed by atoms with Crippen molar-refractivity contribution in [2.45, 2.75) is 38.9 Å². The van der Waals surface area contributed by atoms with Crippen molar-refractivity contribution in [3.05, 3.63) is 12.7 Å². The highest BCUT2D eigenvalue weighted by molar-refractivity contribution is 5.81. The maximum atomic E-state index is 10.9. The van der Waals surface area contributed by atoms with E-state index in [9.17, 15) is 4.79 Å².